The Bertz CT molecular complexity index is 593. The third-order valence-electron chi connectivity index (χ3n) is 10.8. The summed E-state index contributed by atoms with van der Waals surface area (Å²) in [5.41, 5.74) is 1.08. The van der Waals surface area contributed by atoms with Crippen molar-refractivity contribution in [3.05, 3.63) is 0 Å². The molecule has 0 radical (unpaired) electrons. The maximum absolute atomic E-state index is 12.1. The van der Waals surface area contributed by atoms with Gasteiger partial charge < -0.3 is 0 Å². The summed E-state index contributed by atoms with van der Waals surface area (Å²) in [4.78, 5) is 12.1. The van der Waals surface area contributed by atoms with E-state index in [1.54, 1.807) is 0 Å². The van der Waals surface area contributed by atoms with Gasteiger partial charge >= 0.3 is 0 Å². The lowest BCUT2D eigenvalue weighted by atomic mass is 9.44. The highest BCUT2D eigenvalue weighted by Crippen LogP contribution is 2.67. The molecule has 4 fully saturated rings. The molecule has 0 saturated heterocycles. The Hall–Kier alpha value is -0.330. The van der Waals surface area contributed by atoms with Crippen LogP contribution in [0, 0.1) is 52.3 Å². The molecule has 4 rings (SSSR count). The molecule has 0 aromatic rings. The fraction of sp³-hybridized carbons (Fsp3) is 0.964. The SMILES string of the molecule is CC(C)CCCC(C)C[C@H]1CCC2C3CC[C@H]4CC(=O)CC[C@]4(C)C3CC[C@@]21C. The topological polar surface area (TPSA) is 17.1 Å². The Morgan fingerprint density at radius 1 is 0.897 bits per heavy atom. The number of carbonyl (C=O) groups is 1. The van der Waals surface area contributed by atoms with Crippen LogP contribution in [0.2, 0.25) is 0 Å². The first-order valence-electron chi connectivity index (χ1n) is 13.3. The maximum Gasteiger partial charge on any atom is 0.133 e. The molecule has 4 aliphatic carbocycles. The highest BCUT2D eigenvalue weighted by Gasteiger charge is 2.59. The zero-order valence-corrected chi connectivity index (χ0v) is 20.1. The maximum atomic E-state index is 12.1. The zero-order valence-electron chi connectivity index (χ0n) is 20.1. The molecule has 4 unspecified atom stereocenters. The van der Waals surface area contributed by atoms with E-state index in [0.717, 1.165) is 48.3 Å². The molecule has 0 N–H and O–H groups in total. The van der Waals surface area contributed by atoms with E-state index in [4.69, 9.17) is 0 Å². The number of hydrogen-bond donors (Lipinski definition) is 0. The van der Waals surface area contributed by atoms with Crippen molar-refractivity contribution >= 4 is 5.78 Å². The first kappa shape index (κ1) is 21.9. The fourth-order valence-electron chi connectivity index (χ4n) is 9.02. The Morgan fingerprint density at radius 3 is 2.41 bits per heavy atom. The normalized spacial score (nSPS) is 45.6. The predicted molar refractivity (Wildman–Crippen MR) is 123 cm³/mol. The van der Waals surface area contributed by atoms with Crippen molar-refractivity contribution in [1.82, 2.24) is 0 Å². The number of ketones is 1. The number of fused-ring (bicyclic) bond motifs is 5. The average Bonchev–Trinajstić information content (AvgIpc) is 2.98. The molecule has 1 heteroatoms. The van der Waals surface area contributed by atoms with Crippen LogP contribution in [-0.2, 0) is 4.79 Å². The molecule has 0 aromatic carbocycles. The van der Waals surface area contributed by atoms with Crippen molar-refractivity contribution < 1.29 is 4.79 Å². The van der Waals surface area contributed by atoms with Crippen molar-refractivity contribution in [3.8, 4) is 0 Å². The average molecular weight is 401 g/mol. The van der Waals surface area contributed by atoms with Gasteiger partial charge in [-0.3, -0.25) is 4.79 Å². The van der Waals surface area contributed by atoms with E-state index < -0.39 is 0 Å². The Balaban J connectivity index is 1.41. The molecule has 0 spiro atoms. The van der Waals surface area contributed by atoms with E-state index in [0.29, 0.717) is 22.5 Å². The minimum atomic E-state index is 0.473. The van der Waals surface area contributed by atoms with E-state index in [2.05, 4.69) is 34.6 Å². The molecule has 4 aliphatic rings. The molecule has 29 heavy (non-hydrogen) atoms. The van der Waals surface area contributed by atoms with Crippen LogP contribution in [-0.4, -0.2) is 5.78 Å². The van der Waals surface area contributed by atoms with Gasteiger partial charge in [0.25, 0.3) is 0 Å². The Kier molecular flexibility index (Phi) is 6.27. The van der Waals surface area contributed by atoms with Gasteiger partial charge in [-0.2, -0.15) is 0 Å². The number of Topliss-reactive ketones (excluding diaryl/α,β-unsaturated/α-hetero) is 1. The van der Waals surface area contributed by atoms with Crippen LogP contribution in [0.5, 0.6) is 0 Å². The van der Waals surface area contributed by atoms with Gasteiger partial charge in [0, 0.05) is 12.8 Å². The van der Waals surface area contributed by atoms with Crippen LogP contribution in [0.1, 0.15) is 118 Å². The summed E-state index contributed by atoms with van der Waals surface area (Å²) < 4.78 is 0. The summed E-state index contributed by atoms with van der Waals surface area (Å²) in [7, 11) is 0. The lowest BCUT2D eigenvalue weighted by molar-refractivity contribution is -0.139. The molecule has 8 atom stereocenters. The number of hydrogen-bond acceptors (Lipinski definition) is 1. The highest BCUT2D eigenvalue weighted by atomic mass is 16.1. The van der Waals surface area contributed by atoms with Gasteiger partial charge in [0.2, 0.25) is 0 Å². The molecule has 4 saturated carbocycles. The van der Waals surface area contributed by atoms with Crippen LogP contribution in [0.25, 0.3) is 0 Å². The van der Waals surface area contributed by atoms with Crippen LogP contribution in [0.4, 0.5) is 0 Å². The third kappa shape index (κ3) is 3.98. The van der Waals surface area contributed by atoms with Crippen molar-refractivity contribution in [2.45, 2.75) is 118 Å². The second kappa shape index (κ2) is 8.31. The molecule has 0 amide bonds. The number of rotatable bonds is 6. The van der Waals surface area contributed by atoms with Crippen molar-refractivity contribution in [3.63, 3.8) is 0 Å². The summed E-state index contributed by atoms with van der Waals surface area (Å²) >= 11 is 0. The molecule has 0 heterocycles. The zero-order chi connectivity index (χ0) is 20.8. The second-order valence-corrected chi connectivity index (χ2v) is 12.9. The van der Waals surface area contributed by atoms with Gasteiger partial charge in [-0.25, -0.2) is 0 Å². The van der Waals surface area contributed by atoms with Gasteiger partial charge in [0.15, 0.2) is 0 Å². The van der Waals surface area contributed by atoms with Gasteiger partial charge in [-0.05, 0) is 104 Å². The minimum Gasteiger partial charge on any atom is -0.300 e. The first-order valence-corrected chi connectivity index (χ1v) is 13.3. The van der Waals surface area contributed by atoms with E-state index in [1.807, 2.05) is 0 Å². The Morgan fingerprint density at radius 2 is 1.66 bits per heavy atom. The molecule has 166 valence electrons. The van der Waals surface area contributed by atoms with E-state index in [1.165, 1.54) is 70.6 Å². The van der Waals surface area contributed by atoms with Crippen molar-refractivity contribution in [2.75, 3.05) is 0 Å². The van der Waals surface area contributed by atoms with Crippen molar-refractivity contribution in [2.24, 2.45) is 52.3 Å². The van der Waals surface area contributed by atoms with Gasteiger partial charge in [0.05, 0.1) is 0 Å². The first-order chi connectivity index (χ1) is 13.7. The molecule has 0 bridgehead atoms. The summed E-state index contributed by atoms with van der Waals surface area (Å²) in [5, 5.41) is 0. The highest BCUT2D eigenvalue weighted by molar-refractivity contribution is 5.79. The fourth-order valence-corrected chi connectivity index (χ4v) is 9.02. The van der Waals surface area contributed by atoms with Crippen LogP contribution >= 0.6 is 0 Å². The standard InChI is InChI=1S/C28H48O/c1-19(2)7-6-8-20(3)17-21-10-12-25-24-11-9-22-18-23(29)13-15-27(22,4)26(24)14-16-28(21,25)5/h19-22,24-26H,6-18H2,1-5H3/t20?,21-,22+,24?,25?,26?,27+,28-/m1/s1. The monoisotopic (exact) mass is 400 g/mol. The number of carbonyl (C=O) groups excluding carboxylic acids is 1. The lowest BCUT2D eigenvalue weighted by Crippen LogP contribution is -2.53. The van der Waals surface area contributed by atoms with Gasteiger partial charge in [0.1, 0.15) is 5.78 Å². The predicted octanol–water partition coefficient (Wildman–Crippen LogP) is 8.07. The third-order valence-corrected chi connectivity index (χ3v) is 10.8. The van der Waals surface area contributed by atoms with Crippen LogP contribution in [0.15, 0.2) is 0 Å². The molecule has 1 nitrogen and oxygen atoms in total. The summed E-state index contributed by atoms with van der Waals surface area (Å²) in [6.07, 6.45) is 17.4. The molecular weight excluding hydrogens is 352 g/mol. The molecule has 0 aliphatic heterocycles. The molecular formula is C28H48O. The van der Waals surface area contributed by atoms with E-state index >= 15 is 0 Å². The van der Waals surface area contributed by atoms with Gasteiger partial charge in [-0.1, -0.05) is 53.9 Å². The lowest BCUT2D eigenvalue weighted by Gasteiger charge is -2.60. The van der Waals surface area contributed by atoms with Gasteiger partial charge in [-0.15, -0.1) is 0 Å². The Labute approximate surface area is 181 Å². The molecule has 0 aromatic heterocycles. The van der Waals surface area contributed by atoms with Crippen LogP contribution in [0.3, 0.4) is 0 Å². The van der Waals surface area contributed by atoms with Crippen LogP contribution < -0.4 is 0 Å². The largest absolute Gasteiger partial charge is 0.300 e. The summed E-state index contributed by atoms with van der Waals surface area (Å²) in [6, 6.07) is 0. The summed E-state index contributed by atoms with van der Waals surface area (Å²) in [6.45, 7) is 12.6. The minimum absolute atomic E-state index is 0.473. The smallest absolute Gasteiger partial charge is 0.133 e. The quantitative estimate of drug-likeness (QED) is 0.440. The summed E-state index contributed by atoms with van der Waals surface area (Å²) in [5.74, 6) is 6.85. The second-order valence-electron chi connectivity index (χ2n) is 12.9. The van der Waals surface area contributed by atoms with Crippen molar-refractivity contribution in [1.29, 1.82) is 0 Å². The van der Waals surface area contributed by atoms with E-state index in [9.17, 15) is 4.79 Å². The van der Waals surface area contributed by atoms with E-state index in [-0.39, 0.29) is 0 Å².